The van der Waals surface area contributed by atoms with E-state index < -0.39 is 13.8 Å². The Labute approximate surface area is 101 Å². The molecule has 1 aromatic rings. The summed E-state index contributed by atoms with van der Waals surface area (Å²) in [7, 11) is 1.88. The molecule has 2 rings (SSSR count). The Kier molecular flexibility index (Phi) is 2.79. The minimum absolute atomic E-state index is 0.781. The van der Waals surface area contributed by atoms with Crippen LogP contribution in [0.4, 0.5) is 0 Å². The smallest absolute Gasteiger partial charge is 0.211 e. The maximum Gasteiger partial charge on any atom is 0.241 e. The highest BCUT2D eigenvalue weighted by Crippen LogP contribution is 2.35. The molecular weight excluding hydrogens is 244 g/mol. The van der Waals surface area contributed by atoms with E-state index in [-0.39, 0.29) is 0 Å². The van der Waals surface area contributed by atoms with Crippen molar-refractivity contribution in [1.29, 1.82) is 0 Å². The third kappa shape index (κ3) is 1.87. The second-order valence-electron chi connectivity index (χ2n) is 4.79. The summed E-state index contributed by atoms with van der Waals surface area (Å²) in [4.78, 5) is 0. The Morgan fingerprint density at radius 3 is 2.44 bits per heavy atom. The van der Waals surface area contributed by atoms with Crippen molar-refractivity contribution in [2.75, 3.05) is 0 Å². The lowest BCUT2D eigenvalue weighted by Crippen LogP contribution is -2.25. The summed E-state index contributed by atoms with van der Waals surface area (Å²) in [5.41, 5.74) is 3.39. The quantitative estimate of drug-likeness (QED) is 0.765. The summed E-state index contributed by atoms with van der Waals surface area (Å²) < 4.78 is 22.0. The van der Waals surface area contributed by atoms with Crippen LogP contribution in [0.1, 0.15) is 37.0 Å². The predicted molar refractivity (Wildman–Crippen MR) is 66.3 cm³/mol. The first-order valence-electron chi connectivity index (χ1n) is 5.39. The summed E-state index contributed by atoms with van der Waals surface area (Å²) in [5.74, 6) is 0. The SMILES string of the molecule is CC(C)(c1ccc2c(c1)CCC2)S(=O)(=O)Cl. The first kappa shape index (κ1) is 11.9. The Bertz CT molecular complexity index is 518. The van der Waals surface area contributed by atoms with E-state index in [1.807, 2.05) is 18.2 Å². The van der Waals surface area contributed by atoms with Crippen LogP contribution in [0.2, 0.25) is 0 Å². The third-order valence-electron chi connectivity index (χ3n) is 3.40. The van der Waals surface area contributed by atoms with Crippen LogP contribution in [0, 0.1) is 0 Å². The van der Waals surface area contributed by atoms with Crippen molar-refractivity contribution >= 4 is 19.7 Å². The largest absolute Gasteiger partial charge is 0.241 e. The Hall–Kier alpha value is -0.540. The lowest BCUT2D eigenvalue weighted by atomic mass is 9.98. The topological polar surface area (TPSA) is 34.1 Å². The van der Waals surface area contributed by atoms with Gasteiger partial charge in [-0.1, -0.05) is 18.2 Å². The minimum Gasteiger partial charge on any atom is -0.211 e. The maximum atomic E-state index is 11.5. The van der Waals surface area contributed by atoms with Crippen LogP contribution in [0.15, 0.2) is 18.2 Å². The van der Waals surface area contributed by atoms with Crippen molar-refractivity contribution in [2.24, 2.45) is 0 Å². The summed E-state index contributed by atoms with van der Waals surface area (Å²) >= 11 is 0. The van der Waals surface area contributed by atoms with Gasteiger partial charge in [0.25, 0.3) is 0 Å². The van der Waals surface area contributed by atoms with Gasteiger partial charge in [-0.15, -0.1) is 0 Å². The fourth-order valence-electron chi connectivity index (χ4n) is 2.09. The van der Waals surface area contributed by atoms with Crippen molar-refractivity contribution < 1.29 is 8.42 Å². The average molecular weight is 259 g/mol. The molecule has 0 spiro atoms. The van der Waals surface area contributed by atoms with Gasteiger partial charge in [-0.3, -0.25) is 0 Å². The van der Waals surface area contributed by atoms with Gasteiger partial charge >= 0.3 is 0 Å². The van der Waals surface area contributed by atoms with Crippen molar-refractivity contribution in [3.8, 4) is 0 Å². The number of benzene rings is 1. The van der Waals surface area contributed by atoms with Gasteiger partial charge in [0.05, 0.1) is 0 Å². The van der Waals surface area contributed by atoms with E-state index >= 15 is 0 Å². The normalized spacial score (nSPS) is 16.2. The first-order chi connectivity index (χ1) is 7.32. The number of rotatable bonds is 2. The molecule has 0 atom stereocenters. The van der Waals surface area contributed by atoms with Crippen LogP contribution in [0.5, 0.6) is 0 Å². The zero-order valence-electron chi connectivity index (χ0n) is 9.46. The zero-order chi connectivity index (χ0) is 12.0. The zero-order valence-corrected chi connectivity index (χ0v) is 11.0. The van der Waals surface area contributed by atoms with E-state index in [2.05, 4.69) is 0 Å². The summed E-state index contributed by atoms with van der Waals surface area (Å²) in [6, 6.07) is 5.90. The molecule has 0 aromatic heterocycles. The fourth-order valence-corrected chi connectivity index (χ4v) is 2.76. The molecule has 0 amide bonds. The first-order valence-corrected chi connectivity index (χ1v) is 7.70. The molecule has 0 N–H and O–H groups in total. The van der Waals surface area contributed by atoms with Gasteiger partial charge < -0.3 is 0 Å². The molecule has 88 valence electrons. The molecule has 0 unspecified atom stereocenters. The van der Waals surface area contributed by atoms with E-state index in [1.54, 1.807) is 13.8 Å². The van der Waals surface area contributed by atoms with E-state index in [9.17, 15) is 8.42 Å². The van der Waals surface area contributed by atoms with Gasteiger partial charge in [0, 0.05) is 10.7 Å². The lowest BCUT2D eigenvalue weighted by molar-refractivity contribution is 0.570. The number of fused-ring (bicyclic) bond motifs is 1. The second kappa shape index (κ2) is 3.74. The standard InChI is InChI=1S/C12H15ClO2S/c1-12(2,16(13,14)15)11-7-6-9-4-3-5-10(9)8-11/h6-8H,3-5H2,1-2H3. The van der Waals surface area contributed by atoms with Gasteiger partial charge in [0.2, 0.25) is 9.05 Å². The highest BCUT2D eigenvalue weighted by Gasteiger charge is 2.35. The highest BCUT2D eigenvalue weighted by atomic mass is 35.7. The van der Waals surface area contributed by atoms with Crippen molar-refractivity contribution in [1.82, 2.24) is 0 Å². The molecule has 0 heterocycles. The molecule has 0 saturated carbocycles. The fraction of sp³-hybridized carbons (Fsp3) is 0.500. The Morgan fingerprint density at radius 2 is 1.81 bits per heavy atom. The van der Waals surface area contributed by atoms with E-state index in [0.29, 0.717) is 0 Å². The van der Waals surface area contributed by atoms with Gasteiger partial charge in [-0.05, 0) is 49.8 Å². The average Bonchev–Trinajstić information content (AvgIpc) is 2.61. The van der Waals surface area contributed by atoms with Crippen LogP contribution < -0.4 is 0 Å². The summed E-state index contributed by atoms with van der Waals surface area (Å²) in [5, 5.41) is 0. The molecule has 0 bridgehead atoms. The molecule has 1 aromatic carbocycles. The van der Waals surface area contributed by atoms with Crippen LogP contribution in [0.25, 0.3) is 0 Å². The molecular formula is C12H15ClO2S. The molecule has 0 aliphatic heterocycles. The number of aryl methyl sites for hydroxylation is 2. The predicted octanol–water partition coefficient (Wildman–Crippen LogP) is 2.98. The van der Waals surface area contributed by atoms with Crippen LogP contribution in [-0.2, 0) is 26.6 Å². The third-order valence-corrected chi connectivity index (χ3v) is 6.02. The van der Waals surface area contributed by atoms with Gasteiger partial charge in [0.15, 0.2) is 0 Å². The molecule has 0 radical (unpaired) electrons. The molecule has 4 heteroatoms. The molecule has 0 fully saturated rings. The number of hydrogen-bond donors (Lipinski definition) is 0. The summed E-state index contributed by atoms with van der Waals surface area (Å²) in [6.07, 6.45) is 3.30. The van der Waals surface area contributed by atoms with Crippen LogP contribution in [0.3, 0.4) is 0 Å². The molecule has 16 heavy (non-hydrogen) atoms. The van der Waals surface area contributed by atoms with E-state index in [1.165, 1.54) is 11.1 Å². The number of hydrogen-bond acceptors (Lipinski definition) is 2. The van der Waals surface area contributed by atoms with Crippen LogP contribution >= 0.6 is 10.7 Å². The maximum absolute atomic E-state index is 11.5. The van der Waals surface area contributed by atoms with E-state index in [4.69, 9.17) is 10.7 Å². The van der Waals surface area contributed by atoms with Crippen molar-refractivity contribution in [3.63, 3.8) is 0 Å². The summed E-state index contributed by atoms with van der Waals surface area (Å²) in [6.45, 7) is 3.29. The molecule has 0 saturated heterocycles. The van der Waals surface area contributed by atoms with Crippen molar-refractivity contribution in [3.05, 3.63) is 34.9 Å². The van der Waals surface area contributed by atoms with Gasteiger partial charge in [-0.25, -0.2) is 8.42 Å². The molecule has 1 aliphatic carbocycles. The van der Waals surface area contributed by atoms with Crippen LogP contribution in [-0.4, -0.2) is 8.42 Å². The van der Waals surface area contributed by atoms with Gasteiger partial charge in [-0.2, -0.15) is 0 Å². The van der Waals surface area contributed by atoms with Crippen molar-refractivity contribution in [2.45, 2.75) is 37.9 Å². The number of halogens is 1. The Balaban J connectivity index is 2.50. The monoisotopic (exact) mass is 258 g/mol. The Morgan fingerprint density at radius 1 is 1.19 bits per heavy atom. The molecule has 1 aliphatic rings. The second-order valence-corrected chi connectivity index (χ2v) is 7.90. The molecule has 2 nitrogen and oxygen atoms in total. The lowest BCUT2D eigenvalue weighted by Gasteiger charge is -2.22. The van der Waals surface area contributed by atoms with Gasteiger partial charge in [0.1, 0.15) is 4.75 Å². The highest BCUT2D eigenvalue weighted by molar-refractivity contribution is 8.14. The van der Waals surface area contributed by atoms with E-state index in [0.717, 1.165) is 24.8 Å². The minimum atomic E-state index is -3.60.